The standard InChI is InChI=1S/C24H23ClF4N4OS.C3H8O2/c1-12-10-32(11-13(2)30-12)22-15-9-16(24(27,28)29)19(14-4-5-18(26)17(25)8-14)21-20(15)33(23(34)31-22)6-3-7-35-21;1-5-3-2-4/h4-5,8-9,12-13,30H,3,6-7,10-11H2,1-2H3;4H,2-3H2,1H3. The quantitative estimate of drug-likeness (QED) is 0.398. The average Bonchev–Trinajstić information content (AvgIpc) is 3.11. The Morgan fingerprint density at radius 1 is 1.23 bits per heavy atom. The lowest BCUT2D eigenvalue weighted by molar-refractivity contribution is -0.137. The predicted molar refractivity (Wildman–Crippen MR) is 150 cm³/mol. The van der Waals surface area contributed by atoms with Crippen LogP contribution in [0, 0.1) is 5.82 Å². The van der Waals surface area contributed by atoms with Gasteiger partial charge in [0.15, 0.2) is 0 Å². The highest BCUT2D eigenvalue weighted by Crippen LogP contribution is 2.48. The fraction of sp³-hybridized carbons (Fsp3) is 0.481. The monoisotopic (exact) mass is 602 g/mol. The largest absolute Gasteiger partial charge is 0.417 e. The van der Waals surface area contributed by atoms with Gasteiger partial charge in [-0.1, -0.05) is 17.7 Å². The Balaban J connectivity index is 0.000000681. The first-order valence-corrected chi connectivity index (χ1v) is 14.2. The van der Waals surface area contributed by atoms with E-state index in [0.717, 1.165) is 12.1 Å². The third-order valence-electron chi connectivity index (χ3n) is 6.64. The molecule has 5 rings (SSSR count). The molecule has 0 saturated carbocycles. The number of nitrogens with one attached hydrogen (secondary N) is 1. The number of aliphatic hydroxyl groups excluding tert-OH is 1. The molecule has 1 fully saturated rings. The van der Waals surface area contributed by atoms with Crippen molar-refractivity contribution in [1.82, 2.24) is 14.9 Å². The highest BCUT2D eigenvalue weighted by molar-refractivity contribution is 7.99. The fourth-order valence-corrected chi connectivity index (χ4v) is 6.52. The Hall–Kier alpha value is -2.38. The van der Waals surface area contributed by atoms with Gasteiger partial charge in [-0.05, 0) is 49.8 Å². The molecule has 0 aliphatic carbocycles. The van der Waals surface area contributed by atoms with Gasteiger partial charge in [0.05, 0.1) is 29.3 Å². The summed E-state index contributed by atoms with van der Waals surface area (Å²) in [4.78, 5) is 19.7. The highest BCUT2D eigenvalue weighted by atomic mass is 35.5. The Kier molecular flexibility index (Phi) is 9.66. The Morgan fingerprint density at radius 2 is 1.93 bits per heavy atom. The molecule has 0 bridgehead atoms. The molecule has 0 spiro atoms. The number of thioether (sulfide) groups is 1. The molecule has 2 aliphatic rings. The fourth-order valence-electron chi connectivity index (χ4n) is 5.13. The number of aliphatic hydroxyl groups is 1. The van der Waals surface area contributed by atoms with Gasteiger partial charge in [0, 0.05) is 54.7 Å². The highest BCUT2D eigenvalue weighted by Gasteiger charge is 2.38. The molecule has 3 heterocycles. The van der Waals surface area contributed by atoms with Crippen molar-refractivity contribution in [2.45, 2.75) is 50.0 Å². The lowest BCUT2D eigenvalue weighted by atomic mass is 9.96. The molecule has 2 N–H and O–H groups in total. The molecule has 218 valence electrons. The first-order chi connectivity index (χ1) is 19.0. The van der Waals surface area contributed by atoms with Crippen molar-refractivity contribution in [3.05, 3.63) is 51.2 Å². The maximum Gasteiger partial charge on any atom is 0.417 e. The van der Waals surface area contributed by atoms with E-state index in [4.69, 9.17) is 16.7 Å². The summed E-state index contributed by atoms with van der Waals surface area (Å²) < 4.78 is 63.4. The van der Waals surface area contributed by atoms with E-state index in [1.165, 1.54) is 28.5 Å². The summed E-state index contributed by atoms with van der Waals surface area (Å²) in [6.07, 6.45) is -4.10. The second-order valence-electron chi connectivity index (χ2n) is 9.81. The first-order valence-electron chi connectivity index (χ1n) is 12.8. The molecule has 2 aromatic carbocycles. The van der Waals surface area contributed by atoms with E-state index in [9.17, 15) is 22.4 Å². The maximum absolute atomic E-state index is 14.5. The number of rotatable bonds is 4. The van der Waals surface area contributed by atoms with Crippen molar-refractivity contribution in [1.29, 1.82) is 0 Å². The van der Waals surface area contributed by atoms with Gasteiger partial charge < -0.3 is 20.1 Å². The van der Waals surface area contributed by atoms with Crippen molar-refractivity contribution in [3.63, 3.8) is 0 Å². The minimum Gasteiger partial charge on any atom is -0.394 e. The van der Waals surface area contributed by atoms with Crippen LogP contribution in [0.2, 0.25) is 5.02 Å². The van der Waals surface area contributed by atoms with Crippen LogP contribution in [0.5, 0.6) is 0 Å². The van der Waals surface area contributed by atoms with E-state index in [0.29, 0.717) is 54.2 Å². The van der Waals surface area contributed by atoms with Crippen LogP contribution < -0.4 is 15.9 Å². The number of benzene rings is 2. The molecule has 2 unspecified atom stereocenters. The van der Waals surface area contributed by atoms with Crippen LogP contribution in [0.1, 0.15) is 25.8 Å². The van der Waals surface area contributed by atoms with Crippen molar-refractivity contribution in [2.24, 2.45) is 0 Å². The number of ether oxygens (including phenoxy) is 1. The van der Waals surface area contributed by atoms with Gasteiger partial charge in [-0.15, -0.1) is 11.8 Å². The lowest BCUT2D eigenvalue weighted by Gasteiger charge is -2.37. The molecule has 1 aromatic heterocycles. The number of halogens is 5. The number of aryl methyl sites for hydroxylation is 1. The summed E-state index contributed by atoms with van der Waals surface area (Å²) in [6.45, 7) is 5.91. The molecular weight excluding hydrogens is 572 g/mol. The Labute approximate surface area is 238 Å². The smallest absolute Gasteiger partial charge is 0.394 e. The van der Waals surface area contributed by atoms with Crippen LogP contribution in [-0.4, -0.2) is 65.9 Å². The molecule has 13 heteroatoms. The average molecular weight is 603 g/mol. The van der Waals surface area contributed by atoms with Gasteiger partial charge in [0.2, 0.25) is 0 Å². The lowest BCUT2D eigenvalue weighted by Crippen LogP contribution is -2.55. The van der Waals surface area contributed by atoms with Gasteiger partial charge in [-0.2, -0.15) is 18.2 Å². The van der Waals surface area contributed by atoms with E-state index >= 15 is 0 Å². The SMILES string of the molecule is CC1CN(c2nc(=O)n3c4c(c(-c5ccc(F)c(Cl)c5)c(C(F)(F)F)cc24)SCCC3)CC(C)N1.COCCO. The number of nitrogens with zero attached hydrogens (tertiary/aromatic N) is 3. The number of hydrogen-bond donors (Lipinski definition) is 2. The van der Waals surface area contributed by atoms with Gasteiger partial charge >= 0.3 is 11.9 Å². The topological polar surface area (TPSA) is 79.6 Å². The molecule has 0 radical (unpaired) electrons. The number of alkyl halides is 3. The summed E-state index contributed by atoms with van der Waals surface area (Å²) in [5, 5.41) is 11.4. The third kappa shape index (κ3) is 6.41. The summed E-state index contributed by atoms with van der Waals surface area (Å²) in [7, 11) is 1.55. The van der Waals surface area contributed by atoms with Crippen molar-refractivity contribution in [2.75, 3.05) is 44.1 Å². The zero-order valence-corrected chi connectivity index (χ0v) is 23.9. The van der Waals surface area contributed by atoms with Crippen LogP contribution in [0.25, 0.3) is 22.0 Å². The Morgan fingerprint density at radius 3 is 2.50 bits per heavy atom. The molecule has 1 saturated heterocycles. The number of piperazine rings is 1. The van der Waals surface area contributed by atoms with E-state index in [1.807, 2.05) is 18.7 Å². The third-order valence-corrected chi connectivity index (χ3v) is 8.11. The molecule has 40 heavy (non-hydrogen) atoms. The van der Waals surface area contributed by atoms with Crippen LogP contribution in [-0.2, 0) is 17.5 Å². The predicted octanol–water partition coefficient (Wildman–Crippen LogP) is 5.18. The van der Waals surface area contributed by atoms with Crippen LogP contribution in [0.3, 0.4) is 0 Å². The molecule has 2 aliphatic heterocycles. The molecule has 7 nitrogen and oxygen atoms in total. The zero-order chi connectivity index (χ0) is 29.2. The van der Waals surface area contributed by atoms with E-state index in [-0.39, 0.29) is 40.7 Å². The minimum atomic E-state index is -4.70. The summed E-state index contributed by atoms with van der Waals surface area (Å²) in [6, 6.07) is 4.80. The number of aromatic nitrogens is 2. The van der Waals surface area contributed by atoms with E-state index in [1.54, 1.807) is 7.11 Å². The van der Waals surface area contributed by atoms with E-state index < -0.39 is 23.2 Å². The summed E-state index contributed by atoms with van der Waals surface area (Å²) in [5.74, 6) is 0.0734. The Bertz CT molecular complexity index is 1420. The van der Waals surface area contributed by atoms with Gasteiger partial charge in [0.1, 0.15) is 11.6 Å². The summed E-state index contributed by atoms with van der Waals surface area (Å²) >= 11 is 7.23. The minimum absolute atomic E-state index is 0.0743. The second-order valence-corrected chi connectivity index (χ2v) is 11.3. The van der Waals surface area contributed by atoms with Crippen LogP contribution in [0.15, 0.2) is 34.0 Å². The number of methoxy groups -OCH3 is 1. The van der Waals surface area contributed by atoms with Gasteiger partial charge in [-0.3, -0.25) is 4.57 Å². The molecule has 0 amide bonds. The first kappa shape index (κ1) is 30.6. The summed E-state index contributed by atoms with van der Waals surface area (Å²) in [5.41, 5.74) is -0.854. The van der Waals surface area contributed by atoms with Gasteiger partial charge in [0.25, 0.3) is 0 Å². The second kappa shape index (κ2) is 12.6. The number of hydrogen-bond acceptors (Lipinski definition) is 7. The normalized spacial score (nSPS) is 19.3. The molecular formula is C27H31ClF4N4O3S. The van der Waals surface area contributed by atoms with Crippen molar-refractivity contribution >= 4 is 40.1 Å². The van der Waals surface area contributed by atoms with E-state index in [2.05, 4.69) is 15.0 Å². The molecule has 3 aromatic rings. The van der Waals surface area contributed by atoms with Crippen LogP contribution >= 0.6 is 23.4 Å². The maximum atomic E-state index is 14.5. The van der Waals surface area contributed by atoms with Gasteiger partial charge in [-0.25, -0.2) is 9.18 Å². The molecule has 2 atom stereocenters. The van der Waals surface area contributed by atoms with Crippen molar-refractivity contribution < 1.29 is 27.4 Å². The van der Waals surface area contributed by atoms with Crippen LogP contribution in [0.4, 0.5) is 23.4 Å². The zero-order valence-electron chi connectivity index (χ0n) is 22.3. The van der Waals surface area contributed by atoms with Crippen molar-refractivity contribution in [3.8, 4) is 11.1 Å². The number of anilines is 1.